The molecule has 0 saturated carbocycles. The standard InChI is InChI=1S/C12H24N3O/c1-8-13-11(3)12(16)15(6,7)10(2)9-14(4)5/h8,10H,3,9H2,1-2,4-7H3/q+1. The molecule has 1 amide bonds. The molecule has 1 unspecified atom stereocenters. The van der Waals surface area contributed by atoms with Crippen LogP contribution in [-0.2, 0) is 4.79 Å². The van der Waals surface area contributed by atoms with E-state index in [1.54, 1.807) is 13.1 Å². The van der Waals surface area contributed by atoms with Gasteiger partial charge in [0.15, 0.2) is 5.70 Å². The molecule has 0 heterocycles. The van der Waals surface area contributed by atoms with Gasteiger partial charge in [-0.15, -0.1) is 0 Å². The maximum absolute atomic E-state index is 12.1. The summed E-state index contributed by atoms with van der Waals surface area (Å²) in [5.41, 5.74) is 0.318. The summed E-state index contributed by atoms with van der Waals surface area (Å²) in [6, 6.07) is 0.200. The molecule has 0 spiro atoms. The van der Waals surface area contributed by atoms with Crippen molar-refractivity contribution in [3.63, 3.8) is 0 Å². The minimum absolute atomic E-state index is 0.0348. The molecule has 0 aliphatic carbocycles. The van der Waals surface area contributed by atoms with Crippen molar-refractivity contribution < 1.29 is 9.28 Å². The summed E-state index contributed by atoms with van der Waals surface area (Å²) in [4.78, 5) is 18.1. The van der Waals surface area contributed by atoms with Crippen LogP contribution in [0, 0.1) is 0 Å². The van der Waals surface area contributed by atoms with Crippen LogP contribution >= 0.6 is 0 Å². The van der Waals surface area contributed by atoms with E-state index in [0.29, 0.717) is 5.70 Å². The number of carbonyl (C=O) groups excluding carboxylic acids is 1. The van der Waals surface area contributed by atoms with E-state index in [2.05, 4.69) is 23.4 Å². The van der Waals surface area contributed by atoms with Gasteiger partial charge in [0.2, 0.25) is 0 Å². The molecule has 1 atom stereocenters. The molecule has 0 aromatic heterocycles. The normalized spacial score (nSPS) is 14.4. The first-order valence-electron chi connectivity index (χ1n) is 5.44. The largest absolute Gasteiger partial charge is 0.363 e. The minimum atomic E-state index is -0.0348. The first-order chi connectivity index (χ1) is 7.23. The number of rotatable bonds is 5. The maximum atomic E-state index is 12.1. The van der Waals surface area contributed by atoms with E-state index in [4.69, 9.17) is 0 Å². The number of carbonyl (C=O) groups is 1. The maximum Gasteiger partial charge on any atom is 0.363 e. The van der Waals surface area contributed by atoms with E-state index in [1.165, 1.54) is 0 Å². The van der Waals surface area contributed by atoms with Gasteiger partial charge in [-0.05, 0) is 27.9 Å². The van der Waals surface area contributed by atoms with Gasteiger partial charge in [0, 0.05) is 6.21 Å². The smallest absolute Gasteiger partial charge is 0.304 e. The number of quaternary nitrogens is 1. The Hall–Kier alpha value is -1.00. The molecule has 0 aliphatic heterocycles. The van der Waals surface area contributed by atoms with Crippen molar-refractivity contribution in [3.8, 4) is 0 Å². The number of likely N-dealkylation sites (N-methyl/N-ethyl adjacent to an activating group) is 2. The van der Waals surface area contributed by atoms with E-state index >= 15 is 0 Å². The van der Waals surface area contributed by atoms with Gasteiger partial charge in [0.1, 0.15) is 6.04 Å². The minimum Gasteiger partial charge on any atom is -0.304 e. The number of hydrogen-bond donors (Lipinski definition) is 0. The molecule has 0 aromatic carbocycles. The summed E-state index contributed by atoms with van der Waals surface area (Å²) < 4.78 is 0.272. The average molecular weight is 226 g/mol. The van der Waals surface area contributed by atoms with Crippen molar-refractivity contribution in [2.75, 3.05) is 34.7 Å². The lowest BCUT2D eigenvalue weighted by atomic mass is 10.2. The number of amides is 1. The number of aliphatic imine (C=N–C) groups is 1. The van der Waals surface area contributed by atoms with Crippen molar-refractivity contribution in [1.82, 2.24) is 4.90 Å². The Morgan fingerprint density at radius 1 is 1.50 bits per heavy atom. The molecule has 0 aliphatic rings. The highest BCUT2D eigenvalue weighted by Gasteiger charge is 2.34. The summed E-state index contributed by atoms with van der Waals surface area (Å²) in [5, 5.41) is 0. The van der Waals surface area contributed by atoms with Crippen LogP contribution in [0.4, 0.5) is 0 Å². The van der Waals surface area contributed by atoms with Crippen molar-refractivity contribution in [2.45, 2.75) is 19.9 Å². The second-order valence-corrected chi connectivity index (χ2v) is 4.79. The monoisotopic (exact) mass is 226 g/mol. The Bertz CT molecular complexity index is 293. The third kappa shape index (κ3) is 3.87. The molecule has 0 fully saturated rings. The zero-order valence-corrected chi connectivity index (χ0v) is 11.3. The van der Waals surface area contributed by atoms with Crippen LogP contribution in [0.1, 0.15) is 13.8 Å². The first-order valence-corrected chi connectivity index (χ1v) is 5.44. The fourth-order valence-electron chi connectivity index (χ4n) is 1.48. The van der Waals surface area contributed by atoms with Crippen LogP contribution < -0.4 is 0 Å². The van der Waals surface area contributed by atoms with E-state index in [9.17, 15) is 4.79 Å². The lowest BCUT2D eigenvalue weighted by Crippen LogP contribution is -2.55. The average Bonchev–Trinajstić information content (AvgIpc) is 2.15. The van der Waals surface area contributed by atoms with Crippen LogP contribution in [0.15, 0.2) is 17.3 Å². The molecule has 0 N–H and O–H groups in total. The third-order valence-electron chi connectivity index (χ3n) is 2.79. The highest BCUT2D eigenvalue weighted by Crippen LogP contribution is 2.13. The zero-order chi connectivity index (χ0) is 12.9. The van der Waals surface area contributed by atoms with Gasteiger partial charge in [-0.1, -0.05) is 6.58 Å². The Morgan fingerprint density at radius 2 is 2.00 bits per heavy atom. The van der Waals surface area contributed by atoms with Crippen LogP contribution in [-0.4, -0.2) is 62.3 Å². The quantitative estimate of drug-likeness (QED) is 0.400. The summed E-state index contributed by atoms with van der Waals surface area (Å²) in [6.07, 6.45) is 1.59. The third-order valence-corrected chi connectivity index (χ3v) is 2.79. The van der Waals surface area contributed by atoms with Crippen LogP contribution in [0.5, 0.6) is 0 Å². The molecular formula is C12H24N3O+. The van der Waals surface area contributed by atoms with Gasteiger partial charge >= 0.3 is 5.91 Å². The molecule has 16 heavy (non-hydrogen) atoms. The zero-order valence-electron chi connectivity index (χ0n) is 11.3. The van der Waals surface area contributed by atoms with Crippen molar-refractivity contribution >= 4 is 12.1 Å². The first kappa shape index (κ1) is 15.0. The Morgan fingerprint density at radius 3 is 2.38 bits per heavy atom. The van der Waals surface area contributed by atoms with Gasteiger partial charge in [-0.25, -0.2) is 4.79 Å². The summed E-state index contributed by atoms with van der Waals surface area (Å²) in [5.74, 6) is -0.0348. The molecule has 0 rings (SSSR count). The van der Waals surface area contributed by atoms with Crippen LogP contribution in [0.25, 0.3) is 0 Å². The Labute approximate surface area is 98.9 Å². The van der Waals surface area contributed by atoms with E-state index < -0.39 is 0 Å². The van der Waals surface area contributed by atoms with E-state index in [-0.39, 0.29) is 16.4 Å². The molecule has 0 radical (unpaired) electrons. The molecule has 4 nitrogen and oxygen atoms in total. The van der Waals surface area contributed by atoms with Crippen molar-refractivity contribution in [1.29, 1.82) is 0 Å². The van der Waals surface area contributed by atoms with E-state index in [0.717, 1.165) is 6.54 Å². The topological polar surface area (TPSA) is 32.7 Å². The number of hydrogen-bond acceptors (Lipinski definition) is 3. The van der Waals surface area contributed by atoms with Crippen LogP contribution in [0.2, 0.25) is 0 Å². The molecule has 92 valence electrons. The molecule has 0 bridgehead atoms. The molecular weight excluding hydrogens is 202 g/mol. The van der Waals surface area contributed by atoms with Crippen LogP contribution in [0.3, 0.4) is 0 Å². The molecule has 0 saturated heterocycles. The molecule has 0 aromatic rings. The fourth-order valence-corrected chi connectivity index (χ4v) is 1.48. The second kappa shape index (κ2) is 5.92. The van der Waals surface area contributed by atoms with E-state index in [1.807, 2.05) is 28.2 Å². The Kier molecular flexibility index (Phi) is 5.55. The highest BCUT2D eigenvalue weighted by atomic mass is 16.2. The lowest BCUT2D eigenvalue weighted by molar-refractivity contribution is -0.836. The van der Waals surface area contributed by atoms with Gasteiger partial charge in [0.25, 0.3) is 0 Å². The van der Waals surface area contributed by atoms with Gasteiger partial charge < -0.3 is 4.90 Å². The highest BCUT2D eigenvalue weighted by molar-refractivity contribution is 5.88. The van der Waals surface area contributed by atoms with Gasteiger partial charge in [0.05, 0.1) is 20.6 Å². The molecule has 4 heteroatoms. The summed E-state index contributed by atoms with van der Waals surface area (Å²) in [6.45, 7) is 8.38. The predicted octanol–water partition coefficient (Wildman–Crippen LogP) is 1.14. The summed E-state index contributed by atoms with van der Waals surface area (Å²) in [7, 11) is 7.79. The summed E-state index contributed by atoms with van der Waals surface area (Å²) >= 11 is 0. The fraction of sp³-hybridized carbons (Fsp3) is 0.667. The Balaban J connectivity index is 4.76. The van der Waals surface area contributed by atoms with Gasteiger partial charge in [-0.3, -0.25) is 9.48 Å². The SMILES string of the molecule is C=C(N=CC)C(=O)[N+](C)(C)C(C)CN(C)C. The second-order valence-electron chi connectivity index (χ2n) is 4.79. The number of nitrogens with zero attached hydrogens (tertiary/aromatic N) is 3. The van der Waals surface area contributed by atoms with Gasteiger partial charge in [-0.2, -0.15) is 0 Å². The van der Waals surface area contributed by atoms with Crippen molar-refractivity contribution in [2.24, 2.45) is 4.99 Å². The predicted molar refractivity (Wildman–Crippen MR) is 68.4 cm³/mol. The van der Waals surface area contributed by atoms with Crippen molar-refractivity contribution in [3.05, 3.63) is 12.3 Å². The lowest BCUT2D eigenvalue weighted by Gasteiger charge is -2.34.